The van der Waals surface area contributed by atoms with Crippen molar-refractivity contribution in [2.75, 3.05) is 10.6 Å². The maximum Gasteiger partial charge on any atom is 0.230 e. The van der Waals surface area contributed by atoms with E-state index in [0.717, 1.165) is 23.4 Å². The van der Waals surface area contributed by atoms with Gasteiger partial charge in [0.15, 0.2) is 0 Å². The number of carbonyl (C=O) groups excluding carboxylic acids is 2. The molecule has 1 heterocycles. The summed E-state index contributed by atoms with van der Waals surface area (Å²) in [6.07, 6.45) is 2.28. The van der Waals surface area contributed by atoms with Gasteiger partial charge in [0, 0.05) is 18.5 Å². The van der Waals surface area contributed by atoms with Gasteiger partial charge in [0.2, 0.25) is 16.9 Å². The first-order valence-corrected chi connectivity index (χ1v) is 8.83. The van der Waals surface area contributed by atoms with Crippen molar-refractivity contribution < 1.29 is 9.59 Å². The Balaban J connectivity index is 1.92. The van der Waals surface area contributed by atoms with Gasteiger partial charge in [0.05, 0.1) is 6.42 Å². The topological polar surface area (TPSA) is 84.0 Å². The maximum absolute atomic E-state index is 12.1. The predicted octanol–water partition coefficient (Wildman–Crippen LogP) is 3.58. The minimum atomic E-state index is -0.130. The highest BCUT2D eigenvalue weighted by Crippen LogP contribution is 2.28. The van der Waals surface area contributed by atoms with Gasteiger partial charge >= 0.3 is 0 Å². The van der Waals surface area contributed by atoms with Crippen LogP contribution in [0.25, 0.3) is 0 Å². The van der Waals surface area contributed by atoms with Gasteiger partial charge in [-0.25, -0.2) is 0 Å². The first kappa shape index (κ1) is 18.1. The number of hydrogen-bond donors (Lipinski definition) is 2. The van der Waals surface area contributed by atoms with E-state index in [1.54, 1.807) is 12.1 Å². The molecule has 6 nitrogen and oxygen atoms in total. The monoisotopic (exact) mass is 346 g/mol. The second kappa shape index (κ2) is 8.54. The van der Waals surface area contributed by atoms with E-state index in [9.17, 15) is 9.59 Å². The summed E-state index contributed by atoms with van der Waals surface area (Å²) < 4.78 is 0. The fraction of sp³-hybridized carbons (Fsp3) is 0.412. The van der Waals surface area contributed by atoms with Gasteiger partial charge in [-0.1, -0.05) is 37.3 Å². The second-order valence-electron chi connectivity index (χ2n) is 5.56. The van der Waals surface area contributed by atoms with Crippen LogP contribution in [0.4, 0.5) is 10.8 Å². The Morgan fingerprint density at radius 2 is 1.75 bits per heavy atom. The highest BCUT2D eigenvalue weighted by molar-refractivity contribution is 7.15. The molecule has 2 N–H and O–H groups in total. The fourth-order valence-corrected chi connectivity index (χ4v) is 3.37. The van der Waals surface area contributed by atoms with E-state index >= 15 is 0 Å². The first-order chi connectivity index (χ1) is 11.5. The zero-order valence-electron chi connectivity index (χ0n) is 14.1. The summed E-state index contributed by atoms with van der Waals surface area (Å²) in [6.45, 7) is 5.70. The molecule has 0 unspecified atom stereocenters. The number of carbonyl (C=O) groups is 2. The Morgan fingerprint density at radius 1 is 1.08 bits per heavy atom. The number of amides is 2. The molecule has 0 aliphatic carbocycles. The number of nitrogens with one attached hydrogen (secondary N) is 2. The molecule has 0 aliphatic heterocycles. The summed E-state index contributed by atoms with van der Waals surface area (Å²) in [6, 6.07) is 7.20. The third-order valence-corrected chi connectivity index (χ3v) is 4.66. The quantitative estimate of drug-likeness (QED) is 0.802. The summed E-state index contributed by atoms with van der Waals surface area (Å²) in [5.74, 6) is 0.147. The molecule has 24 heavy (non-hydrogen) atoms. The number of rotatable bonds is 7. The van der Waals surface area contributed by atoms with Crippen LogP contribution in [0.3, 0.4) is 0 Å². The van der Waals surface area contributed by atoms with Crippen LogP contribution in [-0.2, 0) is 16.0 Å². The molecule has 0 atom stereocenters. The normalized spacial score (nSPS) is 10.7. The van der Waals surface area contributed by atoms with E-state index < -0.39 is 0 Å². The SMILES string of the molecule is CCC(CC)c1nnc(NC(=O)Cc2ccc(NC(C)=O)cc2)s1. The summed E-state index contributed by atoms with van der Waals surface area (Å²) in [5.41, 5.74) is 1.58. The lowest BCUT2D eigenvalue weighted by Gasteiger charge is -2.06. The molecule has 0 aliphatic rings. The van der Waals surface area contributed by atoms with E-state index in [1.165, 1.54) is 18.3 Å². The molecule has 0 bridgehead atoms. The molecule has 128 valence electrons. The fourth-order valence-electron chi connectivity index (χ4n) is 2.35. The lowest BCUT2D eigenvalue weighted by Crippen LogP contribution is -2.14. The second-order valence-corrected chi connectivity index (χ2v) is 6.57. The zero-order valence-corrected chi connectivity index (χ0v) is 14.9. The van der Waals surface area contributed by atoms with Gasteiger partial charge in [-0.2, -0.15) is 0 Å². The van der Waals surface area contributed by atoms with Crippen LogP contribution in [-0.4, -0.2) is 22.0 Å². The first-order valence-electron chi connectivity index (χ1n) is 8.01. The number of anilines is 2. The van der Waals surface area contributed by atoms with Crippen molar-refractivity contribution >= 4 is 34.0 Å². The molecule has 0 spiro atoms. The van der Waals surface area contributed by atoms with E-state index in [2.05, 4.69) is 34.7 Å². The molecule has 0 fully saturated rings. The van der Waals surface area contributed by atoms with Gasteiger partial charge in [-0.15, -0.1) is 10.2 Å². The van der Waals surface area contributed by atoms with Crippen LogP contribution in [0.15, 0.2) is 24.3 Å². The third-order valence-electron chi connectivity index (χ3n) is 3.66. The molecule has 7 heteroatoms. The Bertz CT molecular complexity index is 693. The summed E-state index contributed by atoms with van der Waals surface area (Å²) >= 11 is 1.44. The molecule has 1 aromatic heterocycles. The van der Waals surface area contributed by atoms with Crippen LogP contribution in [0.1, 0.15) is 50.1 Å². The lowest BCUT2D eigenvalue weighted by molar-refractivity contribution is -0.116. The number of nitrogens with zero attached hydrogens (tertiary/aromatic N) is 2. The van der Waals surface area contributed by atoms with Gasteiger partial charge in [0.25, 0.3) is 0 Å². The highest BCUT2D eigenvalue weighted by atomic mass is 32.1. The number of hydrogen-bond acceptors (Lipinski definition) is 5. The average Bonchev–Trinajstić information content (AvgIpc) is 2.98. The Morgan fingerprint density at radius 3 is 2.33 bits per heavy atom. The molecule has 2 aromatic rings. The van der Waals surface area contributed by atoms with Gasteiger partial charge in [0.1, 0.15) is 5.01 Å². The van der Waals surface area contributed by atoms with Crippen molar-refractivity contribution in [2.24, 2.45) is 0 Å². The Labute approximate surface area is 145 Å². The predicted molar refractivity (Wildman–Crippen MR) is 96.3 cm³/mol. The van der Waals surface area contributed by atoms with Crippen molar-refractivity contribution in [1.82, 2.24) is 10.2 Å². The van der Waals surface area contributed by atoms with Crippen molar-refractivity contribution in [3.05, 3.63) is 34.8 Å². The minimum Gasteiger partial charge on any atom is -0.326 e. The van der Waals surface area contributed by atoms with Crippen LogP contribution in [0, 0.1) is 0 Å². The lowest BCUT2D eigenvalue weighted by atomic mass is 10.1. The molecular formula is C17H22N4O2S. The summed E-state index contributed by atoms with van der Waals surface area (Å²) in [5, 5.41) is 15.2. The van der Waals surface area contributed by atoms with Crippen LogP contribution in [0.2, 0.25) is 0 Å². The van der Waals surface area contributed by atoms with Gasteiger partial charge in [-0.05, 0) is 30.5 Å². The largest absolute Gasteiger partial charge is 0.326 e. The average molecular weight is 346 g/mol. The molecule has 2 amide bonds. The zero-order chi connectivity index (χ0) is 17.5. The smallest absolute Gasteiger partial charge is 0.230 e. The van der Waals surface area contributed by atoms with Crippen molar-refractivity contribution in [1.29, 1.82) is 0 Å². The number of benzene rings is 1. The summed E-state index contributed by atoms with van der Waals surface area (Å²) in [4.78, 5) is 23.1. The number of aromatic nitrogens is 2. The van der Waals surface area contributed by atoms with Crippen LogP contribution in [0.5, 0.6) is 0 Å². The van der Waals surface area contributed by atoms with Crippen LogP contribution < -0.4 is 10.6 Å². The molecule has 1 aromatic carbocycles. The third kappa shape index (κ3) is 5.13. The molecular weight excluding hydrogens is 324 g/mol. The molecule has 0 saturated carbocycles. The molecule has 0 saturated heterocycles. The molecule has 2 rings (SSSR count). The standard InChI is InChI=1S/C17H22N4O2S/c1-4-13(5-2)16-20-21-17(24-16)19-15(23)10-12-6-8-14(9-7-12)18-11(3)22/h6-9,13H,4-5,10H2,1-3H3,(H,18,22)(H,19,21,23). The van der Waals surface area contributed by atoms with E-state index in [0.29, 0.717) is 16.7 Å². The highest BCUT2D eigenvalue weighted by Gasteiger charge is 2.14. The van der Waals surface area contributed by atoms with Gasteiger partial charge < -0.3 is 10.6 Å². The minimum absolute atomic E-state index is 0.120. The van der Waals surface area contributed by atoms with E-state index in [4.69, 9.17) is 0 Å². The Kier molecular flexibility index (Phi) is 6.43. The Hall–Kier alpha value is -2.28. The van der Waals surface area contributed by atoms with Crippen molar-refractivity contribution in [2.45, 2.75) is 46.0 Å². The van der Waals surface area contributed by atoms with E-state index in [-0.39, 0.29) is 18.2 Å². The molecule has 0 radical (unpaired) electrons. The van der Waals surface area contributed by atoms with Crippen molar-refractivity contribution in [3.63, 3.8) is 0 Å². The van der Waals surface area contributed by atoms with Crippen molar-refractivity contribution in [3.8, 4) is 0 Å². The maximum atomic E-state index is 12.1. The van der Waals surface area contributed by atoms with Gasteiger partial charge in [-0.3, -0.25) is 9.59 Å². The van der Waals surface area contributed by atoms with E-state index in [1.807, 2.05) is 12.1 Å². The summed E-state index contributed by atoms with van der Waals surface area (Å²) in [7, 11) is 0. The van der Waals surface area contributed by atoms with Crippen LogP contribution >= 0.6 is 11.3 Å².